The number of rotatable bonds is 3. The van der Waals surface area contributed by atoms with Gasteiger partial charge in [0.05, 0.1) is 0 Å². The highest BCUT2D eigenvalue weighted by Crippen LogP contribution is 2.22. The van der Waals surface area contributed by atoms with E-state index >= 15 is 0 Å². The molecule has 20 heavy (non-hydrogen) atoms. The normalized spacial score (nSPS) is 10.9. The van der Waals surface area contributed by atoms with Gasteiger partial charge < -0.3 is 14.9 Å². The number of nitrogens with two attached hydrogens (primary N) is 1. The minimum atomic E-state index is -0.407. The Kier molecular flexibility index (Phi) is 3.02. The first-order valence-corrected chi connectivity index (χ1v) is 6.16. The molecule has 4 nitrogen and oxygen atoms in total. The number of aryl methyl sites for hydroxylation is 1. The van der Waals surface area contributed by atoms with Crippen molar-refractivity contribution in [2.75, 3.05) is 5.73 Å². The maximum atomic E-state index is 13.5. The molecule has 1 heterocycles. The first kappa shape index (κ1) is 12.5. The molecule has 1 aromatic heterocycles. The van der Waals surface area contributed by atoms with Gasteiger partial charge in [0.1, 0.15) is 5.52 Å². The van der Waals surface area contributed by atoms with Crippen molar-refractivity contribution >= 4 is 16.8 Å². The summed E-state index contributed by atoms with van der Waals surface area (Å²) in [5.74, 6) is 0.161. The van der Waals surface area contributed by atoms with Crippen LogP contribution in [0.25, 0.3) is 11.1 Å². The van der Waals surface area contributed by atoms with Gasteiger partial charge in [-0.3, -0.25) is 0 Å². The molecule has 0 spiro atoms. The van der Waals surface area contributed by atoms with Crippen LogP contribution in [0.15, 0.2) is 40.8 Å². The maximum absolute atomic E-state index is 13.5. The van der Waals surface area contributed by atoms with Gasteiger partial charge in [-0.25, -0.2) is 9.37 Å². The Hall–Kier alpha value is -2.56. The summed E-state index contributed by atoms with van der Waals surface area (Å²) >= 11 is 0. The van der Waals surface area contributed by atoms with Gasteiger partial charge in [0.15, 0.2) is 23.8 Å². The number of nitrogens with zero attached hydrogens (tertiary/aromatic N) is 1. The molecule has 0 unspecified atom stereocenters. The molecule has 3 rings (SSSR count). The lowest BCUT2D eigenvalue weighted by molar-refractivity contribution is 0.255. The second-order valence-electron chi connectivity index (χ2n) is 4.56. The predicted octanol–water partition coefficient (Wildman–Crippen LogP) is 3.44. The third kappa shape index (κ3) is 2.42. The van der Waals surface area contributed by atoms with Gasteiger partial charge in [-0.05, 0) is 36.8 Å². The van der Waals surface area contributed by atoms with E-state index in [-0.39, 0.29) is 12.4 Å². The fraction of sp³-hybridized carbons (Fsp3) is 0.133. The van der Waals surface area contributed by atoms with E-state index in [9.17, 15) is 4.39 Å². The molecule has 0 aliphatic rings. The summed E-state index contributed by atoms with van der Waals surface area (Å²) in [6.45, 7) is 1.93. The highest BCUT2D eigenvalue weighted by molar-refractivity contribution is 5.76. The lowest BCUT2D eigenvalue weighted by Gasteiger charge is -2.05. The highest BCUT2D eigenvalue weighted by Gasteiger charge is 2.09. The smallest absolute Gasteiger partial charge is 0.233 e. The fourth-order valence-corrected chi connectivity index (χ4v) is 1.91. The van der Waals surface area contributed by atoms with Crippen LogP contribution in [0, 0.1) is 12.7 Å². The molecule has 102 valence electrons. The molecule has 0 saturated carbocycles. The molecule has 0 aliphatic heterocycles. The first-order valence-electron chi connectivity index (χ1n) is 6.16. The van der Waals surface area contributed by atoms with Gasteiger partial charge in [-0.15, -0.1) is 0 Å². The zero-order valence-electron chi connectivity index (χ0n) is 10.9. The molecule has 0 radical (unpaired) electrons. The van der Waals surface area contributed by atoms with Gasteiger partial charge in [0.25, 0.3) is 0 Å². The van der Waals surface area contributed by atoms with Crippen molar-refractivity contribution in [2.24, 2.45) is 0 Å². The largest absolute Gasteiger partial charge is 0.481 e. The summed E-state index contributed by atoms with van der Waals surface area (Å²) in [7, 11) is 0. The van der Waals surface area contributed by atoms with Crippen molar-refractivity contribution in [1.29, 1.82) is 0 Å². The predicted molar refractivity (Wildman–Crippen MR) is 73.9 cm³/mol. The van der Waals surface area contributed by atoms with Crippen molar-refractivity contribution in [3.8, 4) is 5.75 Å². The van der Waals surface area contributed by atoms with E-state index in [2.05, 4.69) is 4.98 Å². The number of ether oxygens (including phenoxy) is 1. The van der Waals surface area contributed by atoms with Crippen LogP contribution in [0.5, 0.6) is 5.75 Å². The van der Waals surface area contributed by atoms with Crippen LogP contribution in [-0.2, 0) is 6.61 Å². The number of aromatic nitrogens is 1. The van der Waals surface area contributed by atoms with Crippen LogP contribution >= 0.6 is 0 Å². The number of anilines is 1. The fourth-order valence-electron chi connectivity index (χ4n) is 1.91. The number of fused-ring (bicyclic) bond motifs is 1. The number of nitrogen functional groups attached to an aromatic ring is 1. The van der Waals surface area contributed by atoms with Crippen molar-refractivity contribution in [3.05, 3.63) is 53.7 Å². The monoisotopic (exact) mass is 272 g/mol. The number of hydrogen-bond donors (Lipinski definition) is 1. The Labute approximate surface area is 115 Å². The third-order valence-corrected chi connectivity index (χ3v) is 2.89. The standard InChI is InChI=1S/C15H13FN2O2/c1-9-2-4-11(16)13(6-9)19-8-15-18-12-5-3-10(17)7-14(12)20-15/h2-7H,8,17H2,1H3. The molecule has 0 aliphatic carbocycles. The molecular weight excluding hydrogens is 259 g/mol. The molecule has 0 bridgehead atoms. The number of benzene rings is 2. The van der Waals surface area contributed by atoms with Crippen molar-refractivity contribution in [1.82, 2.24) is 4.98 Å². The summed E-state index contributed by atoms with van der Waals surface area (Å²) in [6, 6.07) is 9.90. The average Bonchev–Trinajstić information content (AvgIpc) is 2.81. The maximum Gasteiger partial charge on any atom is 0.233 e. The second kappa shape index (κ2) is 4.85. The van der Waals surface area contributed by atoms with Crippen LogP contribution in [0.2, 0.25) is 0 Å². The Morgan fingerprint density at radius 2 is 2.10 bits per heavy atom. The molecule has 0 amide bonds. The Bertz CT molecular complexity index is 768. The average molecular weight is 272 g/mol. The molecule has 5 heteroatoms. The zero-order chi connectivity index (χ0) is 14.1. The van der Waals surface area contributed by atoms with E-state index in [1.807, 2.05) is 6.92 Å². The van der Waals surface area contributed by atoms with Gasteiger partial charge >= 0.3 is 0 Å². The molecule has 0 saturated heterocycles. The number of halogens is 1. The lowest BCUT2D eigenvalue weighted by Crippen LogP contribution is -1.97. The van der Waals surface area contributed by atoms with Gasteiger partial charge in [0.2, 0.25) is 5.89 Å². The third-order valence-electron chi connectivity index (χ3n) is 2.89. The second-order valence-corrected chi connectivity index (χ2v) is 4.56. The van der Waals surface area contributed by atoms with Gasteiger partial charge in [0, 0.05) is 11.8 Å². The topological polar surface area (TPSA) is 61.3 Å². The van der Waals surface area contributed by atoms with Crippen molar-refractivity contribution in [3.63, 3.8) is 0 Å². The molecule has 2 N–H and O–H groups in total. The summed E-state index contributed by atoms with van der Waals surface area (Å²) in [5.41, 5.74) is 8.48. The van der Waals surface area contributed by atoms with Crippen LogP contribution in [0.4, 0.5) is 10.1 Å². The van der Waals surface area contributed by atoms with E-state index < -0.39 is 5.82 Å². The quantitative estimate of drug-likeness (QED) is 0.742. The lowest BCUT2D eigenvalue weighted by atomic mass is 10.2. The molecule has 0 atom stereocenters. The Balaban J connectivity index is 1.81. The summed E-state index contributed by atoms with van der Waals surface area (Å²) in [4.78, 5) is 4.25. The van der Waals surface area contributed by atoms with Crippen LogP contribution < -0.4 is 10.5 Å². The van der Waals surface area contributed by atoms with E-state index in [4.69, 9.17) is 14.9 Å². The van der Waals surface area contributed by atoms with Crippen LogP contribution in [0.3, 0.4) is 0 Å². The molecular formula is C15H13FN2O2. The van der Waals surface area contributed by atoms with Gasteiger partial charge in [-0.1, -0.05) is 6.07 Å². The Morgan fingerprint density at radius 3 is 2.95 bits per heavy atom. The minimum Gasteiger partial charge on any atom is -0.481 e. The number of oxazole rings is 1. The molecule has 2 aromatic carbocycles. The van der Waals surface area contributed by atoms with E-state index in [0.717, 1.165) is 5.56 Å². The van der Waals surface area contributed by atoms with E-state index in [1.165, 1.54) is 6.07 Å². The summed E-state index contributed by atoms with van der Waals surface area (Å²) in [5, 5.41) is 0. The van der Waals surface area contributed by atoms with Crippen LogP contribution in [-0.4, -0.2) is 4.98 Å². The van der Waals surface area contributed by atoms with E-state index in [0.29, 0.717) is 22.7 Å². The van der Waals surface area contributed by atoms with Crippen LogP contribution in [0.1, 0.15) is 11.5 Å². The summed E-state index contributed by atoms with van der Waals surface area (Å²) < 4.78 is 24.4. The zero-order valence-corrected chi connectivity index (χ0v) is 10.9. The Morgan fingerprint density at radius 1 is 1.25 bits per heavy atom. The summed E-state index contributed by atoms with van der Waals surface area (Å²) in [6.07, 6.45) is 0. The number of hydrogen-bond acceptors (Lipinski definition) is 4. The highest BCUT2D eigenvalue weighted by atomic mass is 19.1. The SMILES string of the molecule is Cc1ccc(F)c(OCc2nc3ccc(N)cc3o2)c1. The van der Waals surface area contributed by atoms with Gasteiger partial charge in [-0.2, -0.15) is 0 Å². The van der Waals surface area contributed by atoms with Crippen molar-refractivity contribution < 1.29 is 13.5 Å². The molecule has 3 aromatic rings. The minimum absolute atomic E-state index is 0.0644. The van der Waals surface area contributed by atoms with E-state index in [1.54, 1.807) is 30.3 Å². The molecule has 0 fully saturated rings. The first-order chi connectivity index (χ1) is 9.61. The van der Waals surface area contributed by atoms with Crippen molar-refractivity contribution in [2.45, 2.75) is 13.5 Å².